The first-order valence-corrected chi connectivity index (χ1v) is 12.7. The van der Waals surface area contributed by atoms with Gasteiger partial charge in [-0.25, -0.2) is 4.98 Å². The Morgan fingerprint density at radius 1 is 0.912 bits per heavy atom. The van der Waals surface area contributed by atoms with Crippen LogP contribution in [0.5, 0.6) is 0 Å². The third-order valence-corrected chi connectivity index (χ3v) is 7.03. The molecule has 1 saturated carbocycles. The standard InChI is InChI=1S/C28H27N3O2S/c32-26(30(19-22-11-5-2-6-12-22)18-17-21-9-3-1-4-10-21)20-34-28-29-25-14-8-7-13-24(25)27(33)31(28)23-15-16-23/h1-14,23H,15-20H2. The summed E-state index contributed by atoms with van der Waals surface area (Å²) in [6.45, 7) is 1.20. The third kappa shape index (κ3) is 5.23. The number of benzene rings is 3. The molecule has 172 valence electrons. The van der Waals surface area contributed by atoms with E-state index in [4.69, 9.17) is 4.98 Å². The predicted molar refractivity (Wildman–Crippen MR) is 137 cm³/mol. The molecule has 1 aromatic heterocycles. The largest absolute Gasteiger partial charge is 0.337 e. The molecule has 1 amide bonds. The lowest BCUT2D eigenvalue weighted by molar-refractivity contribution is -0.128. The van der Waals surface area contributed by atoms with E-state index < -0.39 is 0 Å². The van der Waals surface area contributed by atoms with E-state index in [1.54, 1.807) is 4.57 Å². The molecule has 5 nitrogen and oxygen atoms in total. The number of para-hydroxylation sites is 1. The highest BCUT2D eigenvalue weighted by Crippen LogP contribution is 2.36. The molecule has 0 bridgehead atoms. The van der Waals surface area contributed by atoms with Crippen LogP contribution in [0.25, 0.3) is 10.9 Å². The van der Waals surface area contributed by atoms with Crippen molar-refractivity contribution in [3.8, 4) is 0 Å². The molecule has 0 unspecified atom stereocenters. The molecule has 6 heteroatoms. The summed E-state index contributed by atoms with van der Waals surface area (Å²) in [5, 5.41) is 1.28. The van der Waals surface area contributed by atoms with E-state index in [9.17, 15) is 9.59 Å². The Balaban J connectivity index is 1.35. The highest BCUT2D eigenvalue weighted by atomic mass is 32.2. The minimum atomic E-state index is -0.00623. The van der Waals surface area contributed by atoms with Gasteiger partial charge in [-0.3, -0.25) is 14.2 Å². The summed E-state index contributed by atoms with van der Waals surface area (Å²) in [5.41, 5.74) is 2.99. The van der Waals surface area contributed by atoms with Crippen LogP contribution < -0.4 is 5.56 Å². The van der Waals surface area contributed by atoms with Crippen LogP contribution in [0.4, 0.5) is 0 Å². The van der Waals surface area contributed by atoms with E-state index in [0.29, 0.717) is 29.1 Å². The lowest BCUT2D eigenvalue weighted by Crippen LogP contribution is -2.34. The van der Waals surface area contributed by atoms with Crippen LogP contribution in [0.2, 0.25) is 0 Å². The number of thioether (sulfide) groups is 1. The van der Waals surface area contributed by atoms with E-state index in [0.717, 1.165) is 24.8 Å². The first kappa shape index (κ1) is 22.4. The average molecular weight is 470 g/mol. The number of nitrogens with zero attached hydrogens (tertiary/aromatic N) is 3. The molecule has 1 heterocycles. The second-order valence-electron chi connectivity index (χ2n) is 8.64. The molecule has 0 saturated heterocycles. The molecule has 0 spiro atoms. The molecule has 0 N–H and O–H groups in total. The zero-order chi connectivity index (χ0) is 23.3. The highest BCUT2D eigenvalue weighted by Gasteiger charge is 2.29. The third-order valence-electron chi connectivity index (χ3n) is 6.09. The summed E-state index contributed by atoms with van der Waals surface area (Å²) >= 11 is 1.37. The van der Waals surface area contributed by atoms with Gasteiger partial charge in [0, 0.05) is 19.1 Å². The fourth-order valence-corrected chi connectivity index (χ4v) is 5.07. The topological polar surface area (TPSA) is 55.2 Å². The Bertz CT molecular complexity index is 1330. The zero-order valence-corrected chi connectivity index (χ0v) is 19.8. The Labute approximate surface area is 203 Å². The number of aromatic nitrogens is 2. The molecule has 0 atom stereocenters. The first-order valence-electron chi connectivity index (χ1n) is 11.7. The van der Waals surface area contributed by atoms with E-state index in [1.807, 2.05) is 77.7 Å². The van der Waals surface area contributed by atoms with Gasteiger partial charge in [-0.15, -0.1) is 0 Å². The fraction of sp³-hybridized carbons (Fsp3) is 0.250. The number of amides is 1. The van der Waals surface area contributed by atoms with E-state index >= 15 is 0 Å². The summed E-state index contributed by atoms with van der Waals surface area (Å²) in [4.78, 5) is 33.2. The molecule has 0 radical (unpaired) electrons. The van der Waals surface area contributed by atoms with Gasteiger partial charge in [-0.2, -0.15) is 0 Å². The van der Waals surface area contributed by atoms with Crippen LogP contribution >= 0.6 is 11.8 Å². The van der Waals surface area contributed by atoms with Crippen molar-refractivity contribution in [2.45, 2.75) is 37.0 Å². The van der Waals surface area contributed by atoms with Gasteiger partial charge in [0.1, 0.15) is 0 Å². The fourth-order valence-electron chi connectivity index (χ4n) is 4.10. The van der Waals surface area contributed by atoms with Gasteiger partial charge in [-0.05, 0) is 42.5 Å². The molecule has 5 rings (SSSR count). The van der Waals surface area contributed by atoms with Gasteiger partial charge in [-0.1, -0.05) is 84.6 Å². The second-order valence-corrected chi connectivity index (χ2v) is 9.59. The summed E-state index contributed by atoms with van der Waals surface area (Å²) in [7, 11) is 0. The van der Waals surface area contributed by atoms with Gasteiger partial charge in [0.25, 0.3) is 5.56 Å². The van der Waals surface area contributed by atoms with Crippen molar-refractivity contribution >= 4 is 28.6 Å². The number of carbonyl (C=O) groups excluding carboxylic acids is 1. The van der Waals surface area contributed by atoms with Crippen molar-refractivity contribution in [2.75, 3.05) is 12.3 Å². The van der Waals surface area contributed by atoms with Crippen molar-refractivity contribution in [3.05, 3.63) is 106 Å². The quantitative estimate of drug-likeness (QED) is 0.253. The Hall–Kier alpha value is -3.38. The van der Waals surface area contributed by atoms with E-state index in [1.165, 1.54) is 17.3 Å². The number of carbonyl (C=O) groups is 1. The smallest absolute Gasteiger partial charge is 0.262 e. The second kappa shape index (κ2) is 10.3. The first-order chi connectivity index (χ1) is 16.7. The molecular formula is C28H27N3O2S. The molecular weight excluding hydrogens is 442 g/mol. The van der Waals surface area contributed by atoms with Crippen LogP contribution in [0.3, 0.4) is 0 Å². The number of hydrogen-bond acceptors (Lipinski definition) is 4. The summed E-state index contributed by atoms with van der Waals surface area (Å²) < 4.78 is 1.80. The van der Waals surface area contributed by atoms with Crippen molar-refractivity contribution < 1.29 is 4.79 Å². The molecule has 4 aromatic rings. The van der Waals surface area contributed by atoms with E-state index in [2.05, 4.69) is 12.1 Å². The van der Waals surface area contributed by atoms with Crippen molar-refractivity contribution in [3.63, 3.8) is 0 Å². The van der Waals surface area contributed by atoms with Crippen molar-refractivity contribution in [1.29, 1.82) is 0 Å². The number of hydrogen-bond donors (Lipinski definition) is 0. The minimum Gasteiger partial charge on any atom is -0.337 e. The van der Waals surface area contributed by atoms with Crippen molar-refractivity contribution in [2.24, 2.45) is 0 Å². The monoisotopic (exact) mass is 469 g/mol. The minimum absolute atomic E-state index is 0.00623. The van der Waals surface area contributed by atoms with Gasteiger partial charge in [0.15, 0.2) is 5.16 Å². The highest BCUT2D eigenvalue weighted by molar-refractivity contribution is 7.99. The Morgan fingerprint density at radius 3 is 2.26 bits per heavy atom. The number of fused-ring (bicyclic) bond motifs is 1. The van der Waals surface area contributed by atoms with Crippen molar-refractivity contribution in [1.82, 2.24) is 14.5 Å². The summed E-state index contributed by atoms with van der Waals surface area (Å²) in [6, 6.07) is 28.0. The lowest BCUT2D eigenvalue weighted by Gasteiger charge is -2.23. The van der Waals surface area contributed by atoms with Crippen LogP contribution in [0, 0.1) is 0 Å². The molecule has 34 heavy (non-hydrogen) atoms. The van der Waals surface area contributed by atoms with Crippen LogP contribution in [-0.4, -0.2) is 32.7 Å². The predicted octanol–water partition coefficient (Wildman–Crippen LogP) is 5.10. The summed E-state index contributed by atoms with van der Waals surface area (Å²) in [5.74, 6) is 0.300. The average Bonchev–Trinajstić information content (AvgIpc) is 3.71. The van der Waals surface area contributed by atoms with Crippen LogP contribution in [0.15, 0.2) is 94.9 Å². The zero-order valence-electron chi connectivity index (χ0n) is 19.0. The Kier molecular flexibility index (Phi) is 6.77. The molecule has 3 aromatic carbocycles. The summed E-state index contributed by atoms with van der Waals surface area (Å²) in [6.07, 6.45) is 2.77. The maximum absolute atomic E-state index is 13.4. The van der Waals surface area contributed by atoms with Gasteiger partial charge < -0.3 is 4.90 Å². The van der Waals surface area contributed by atoms with Crippen LogP contribution in [0.1, 0.15) is 30.0 Å². The van der Waals surface area contributed by atoms with Gasteiger partial charge in [0.05, 0.1) is 16.7 Å². The van der Waals surface area contributed by atoms with Gasteiger partial charge in [0.2, 0.25) is 5.91 Å². The molecule has 1 aliphatic carbocycles. The SMILES string of the molecule is O=C(CSc1nc2ccccc2c(=O)n1C1CC1)N(CCc1ccccc1)Cc1ccccc1. The van der Waals surface area contributed by atoms with E-state index in [-0.39, 0.29) is 23.3 Å². The normalized spacial score (nSPS) is 13.2. The molecule has 1 aliphatic rings. The van der Waals surface area contributed by atoms with Gasteiger partial charge >= 0.3 is 0 Å². The Morgan fingerprint density at radius 2 is 1.56 bits per heavy atom. The lowest BCUT2D eigenvalue weighted by atomic mass is 10.1. The maximum Gasteiger partial charge on any atom is 0.262 e. The maximum atomic E-state index is 13.4. The number of rotatable bonds is 9. The van der Waals surface area contributed by atoms with Crippen LogP contribution in [-0.2, 0) is 17.8 Å². The molecule has 0 aliphatic heterocycles. The molecule has 1 fully saturated rings.